The second kappa shape index (κ2) is 7.90. The highest BCUT2D eigenvalue weighted by atomic mass is 16.2. The largest absolute Gasteiger partial charge is 0.325 e. The van der Waals surface area contributed by atoms with Crippen molar-refractivity contribution in [3.63, 3.8) is 0 Å². The number of nitrogens with one attached hydrogen (secondary N) is 2. The first kappa shape index (κ1) is 19.1. The van der Waals surface area contributed by atoms with Gasteiger partial charge in [-0.15, -0.1) is 0 Å². The predicted molar refractivity (Wildman–Crippen MR) is 100 cm³/mol. The first-order valence-corrected chi connectivity index (χ1v) is 9.46. The lowest BCUT2D eigenvalue weighted by molar-refractivity contribution is -0.134. The highest BCUT2D eigenvalue weighted by molar-refractivity contribution is 6.10. The zero-order valence-electron chi connectivity index (χ0n) is 15.5. The zero-order valence-corrected chi connectivity index (χ0v) is 15.5. The molecule has 2 aliphatic rings. The van der Waals surface area contributed by atoms with E-state index in [4.69, 9.17) is 0 Å². The van der Waals surface area contributed by atoms with Gasteiger partial charge in [0.05, 0.1) is 0 Å². The molecule has 3 rings (SSSR count). The van der Waals surface area contributed by atoms with Crippen LogP contribution in [-0.4, -0.2) is 40.6 Å². The van der Waals surface area contributed by atoms with E-state index >= 15 is 0 Å². The van der Waals surface area contributed by atoms with E-state index in [-0.39, 0.29) is 18.2 Å². The average molecular weight is 371 g/mol. The Hall–Kier alpha value is -2.70. The highest BCUT2D eigenvalue weighted by Crippen LogP contribution is 2.32. The molecule has 2 fully saturated rings. The van der Waals surface area contributed by atoms with Crippen LogP contribution >= 0.6 is 0 Å². The van der Waals surface area contributed by atoms with E-state index in [0.29, 0.717) is 24.1 Å². The van der Waals surface area contributed by atoms with Gasteiger partial charge in [-0.25, -0.2) is 4.79 Å². The lowest BCUT2D eigenvalue weighted by Crippen LogP contribution is -2.47. The van der Waals surface area contributed by atoms with Crippen LogP contribution < -0.4 is 10.6 Å². The lowest BCUT2D eigenvalue weighted by atomic mass is 9.84. The van der Waals surface area contributed by atoms with E-state index in [0.717, 1.165) is 37.0 Å². The Morgan fingerprint density at radius 1 is 1.04 bits per heavy atom. The van der Waals surface area contributed by atoms with Gasteiger partial charge in [0.15, 0.2) is 5.78 Å². The second-order valence-electron chi connectivity index (χ2n) is 7.35. The van der Waals surface area contributed by atoms with Crippen molar-refractivity contribution in [2.45, 2.75) is 57.4 Å². The van der Waals surface area contributed by atoms with Gasteiger partial charge in [0.1, 0.15) is 12.1 Å². The molecule has 1 spiro atoms. The Morgan fingerprint density at radius 3 is 2.22 bits per heavy atom. The summed E-state index contributed by atoms with van der Waals surface area (Å²) in [5.41, 5.74) is 0.215. The molecule has 1 aliphatic carbocycles. The van der Waals surface area contributed by atoms with Crippen molar-refractivity contribution >= 4 is 29.3 Å². The molecule has 0 unspecified atom stereocenters. The van der Waals surface area contributed by atoms with Gasteiger partial charge in [-0.3, -0.25) is 19.3 Å². The molecular weight excluding hydrogens is 346 g/mol. The third-order valence-electron chi connectivity index (χ3n) is 5.33. The van der Waals surface area contributed by atoms with Crippen LogP contribution in [0.15, 0.2) is 24.3 Å². The minimum atomic E-state index is -0.846. The quantitative estimate of drug-likeness (QED) is 0.628. The minimum Gasteiger partial charge on any atom is -0.325 e. The van der Waals surface area contributed by atoms with Crippen LogP contribution in [0.3, 0.4) is 0 Å². The molecule has 144 valence electrons. The average Bonchev–Trinajstić information content (AvgIpc) is 2.84. The summed E-state index contributed by atoms with van der Waals surface area (Å²) < 4.78 is 0. The first-order valence-electron chi connectivity index (χ1n) is 9.46. The molecule has 0 atom stereocenters. The smallest absolute Gasteiger partial charge is 0.325 e. The molecule has 4 amide bonds. The predicted octanol–water partition coefficient (Wildman–Crippen LogP) is 2.86. The van der Waals surface area contributed by atoms with Gasteiger partial charge in [0.2, 0.25) is 5.91 Å². The Morgan fingerprint density at radius 2 is 1.63 bits per heavy atom. The van der Waals surface area contributed by atoms with Gasteiger partial charge in [0, 0.05) is 11.3 Å². The molecule has 1 saturated heterocycles. The fourth-order valence-electron chi connectivity index (χ4n) is 3.80. The molecule has 1 heterocycles. The number of imide groups is 1. The van der Waals surface area contributed by atoms with Crippen molar-refractivity contribution < 1.29 is 19.2 Å². The van der Waals surface area contributed by atoms with Crippen LogP contribution in [0.2, 0.25) is 0 Å². The van der Waals surface area contributed by atoms with Crippen LogP contribution in [0.4, 0.5) is 10.5 Å². The Labute approximate surface area is 158 Å². The van der Waals surface area contributed by atoms with E-state index in [2.05, 4.69) is 10.6 Å². The number of amides is 4. The van der Waals surface area contributed by atoms with Gasteiger partial charge < -0.3 is 10.6 Å². The van der Waals surface area contributed by atoms with Crippen molar-refractivity contribution in [3.8, 4) is 0 Å². The summed E-state index contributed by atoms with van der Waals surface area (Å²) >= 11 is 0. The maximum atomic E-state index is 12.9. The van der Waals surface area contributed by atoms with E-state index in [1.54, 1.807) is 24.3 Å². The van der Waals surface area contributed by atoms with E-state index in [1.165, 1.54) is 6.92 Å². The van der Waals surface area contributed by atoms with Crippen molar-refractivity contribution in [3.05, 3.63) is 29.8 Å². The van der Waals surface area contributed by atoms with Crippen molar-refractivity contribution in [1.29, 1.82) is 0 Å². The molecule has 27 heavy (non-hydrogen) atoms. The number of benzene rings is 1. The molecular formula is C20H25N3O4. The lowest BCUT2D eigenvalue weighted by Gasteiger charge is -2.28. The number of carbonyl (C=O) groups excluding carboxylic acids is 4. The van der Waals surface area contributed by atoms with Gasteiger partial charge in [-0.1, -0.05) is 32.1 Å². The third-order valence-corrected chi connectivity index (χ3v) is 5.33. The maximum absolute atomic E-state index is 12.9. The zero-order chi connectivity index (χ0) is 19.4. The SMILES string of the molecule is CC(=O)c1ccc(NC(=O)CN2C(=O)NC3(CCCCCCC3)C2=O)cc1. The summed E-state index contributed by atoms with van der Waals surface area (Å²) in [6, 6.07) is 5.99. The topological polar surface area (TPSA) is 95.6 Å². The molecule has 0 bridgehead atoms. The number of hydrogen-bond acceptors (Lipinski definition) is 4. The Balaban J connectivity index is 1.64. The number of nitrogens with zero attached hydrogens (tertiary/aromatic N) is 1. The number of Topliss-reactive ketones (excluding diaryl/α,β-unsaturated/α-hetero) is 1. The van der Waals surface area contributed by atoms with Crippen LogP contribution in [0.5, 0.6) is 0 Å². The minimum absolute atomic E-state index is 0.0586. The molecule has 1 aromatic rings. The van der Waals surface area contributed by atoms with Gasteiger partial charge >= 0.3 is 6.03 Å². The molecule has 1 saturated carbocycles. The molecule has 2 N–H and O–H groups in total. The number of urea groups is 1. The van der Waals surface area contributed by atoms with Crippen molar-refractivity contribution in [2.24, 2.45) is 0 Å². The summed E-state index contributed by atoms with van der Waals surface area (Å²) in [7, 11) is 0. The normalized spacial score (nSPS) is 19.4. The highest BCUT2D eigenvalue weighted by Gasteiger charge is 2.50. The number of hydrogen-bond donors (Lipinski definition) is 2. The Bertz CT molecular complexity index is 749. The van der Waals surface area contributed by atoms with E-state index in [9.17, 15) is 19.2 Å². The summed E-state index contributed by atoms with van der Waals surface area (Å²) in [6.07, 6.45) is 6.32. The fourth-order valence-corrected chi connectivity index (χ4v) is 3.80. The number of rotatable bonds is 4. The van der Waals surface area contributed by atoms with E-state index < -0.39 is 17.5 Å². The number of carbonyl (C=O) groups is 4. The van der Waals surface area contributed by atoms with Gasteiger partial charge in [-0.2, -0.15) is 0 Å². The van der Waals surface area contributed by atoms with Gasteiger partial charge in [0.25, 0.3) is 5.91 Å². The van der Waals surface area contributed by atoms with Crippen LogP contribution in [0, 0.1) is 0 Å². The first-order chi connectivity index (χ1) is 12.9. The van der Waals surface area contributed by atoms with Crippen LogP contribution in [0.25, 0.3) is 0 Å². The number of anilines is 1. The fraction of sp³-hybridized carbons (Fsp3) is 0.500. The summed E-state index contributed by atoms with van der Waals surface area (Å²) in [6.45, 7) is 1.15. The monoisotopic (exact) mass is 371 g/mol. The van der Waals surface area contributed by atoms with Crippen molar-refractivity contribution in [2.75, 3.05) is 11.9 Å². The molecule has 0 radical (unpaired) electrons. The molecule has 7 nitrogen and oxygen atoms in total. The van der Waals surface area contributed by atoms with E-state index in [1.807, 2.05) is 0 Å². The van der Waals surface area contributed by atoms with Crippen LogP contribution in [0.1, 0.15) is 62.2 Å². The molecule has 7 heteroatoms. The van der Waals surface area contributed by atoms with Crippen LogP contribution in [-0.2, 0) is 9.59 Å². The van der Waals surface area contributed by atoms with Gasteiger partial charge in [-0.05, 0) is 44.0 Å². The molecule has 0 aromatic heterocycles. The maximum Gasteiger partial charge on any atom is 0.325 e. The third kappa shape index (κ3) is 4.18. The molecule has 1 aromatic carbocycles. The molecule has 1 aliphatic heterocycles. The summed E-state index contributed by atoms with van der Waals surface area (Å²) in [5.74, 6) is -0.801. The second-order valence-corrected chi connectivity index (χ2v) is 7.35. The number of ketones is 1. The summed E-state index contributed by atoms with van der Waals surface area (Å²) in [4.78, 5) is 49.9. The summed E-state index contributed by atoms with van der Waals surface area (Å²) in [5, 5.41) is 5.51. The standard InChI is InChI=1S/C20H25N3O4/c1-14(24)15-7-9-16(10-8-15)21-17(25)13-23-18(26)20(22-19(23)27)11-5-3-2-4-6-12-20/h7-10H,2-6,11-13H2,1H3,(H,21,25)(H,22,27). The Kier molecular flexibility index (Phi) is 5.58. The van der Waals surface area contributed by atoms with Crippen molar-refractivity contribution in [1.82, 2.24) is 10.2 Å².